The lowest BCUT2D eigenvalue weighted by Crippen LogP contribution is -2.14. The fraction of sp³-hybridized carbons (Fsp3) is 0.148. The number of nitrogens with zero attached hydrogens (tertiary/aromatic N) is 5. The number of fused-ring (bicyclic) bond motifs is 3. The maximum Gasteiger partial charge on any atom is 0.236 e. The molecule has 1 aliphatic carbocycles. The molecular formula is C27H19N5OS. The first kappa shape index (κ1) is 20.6. The maximum atomic E-state index is 13.7. The Kier molecular flexibility index (Phi) is 5.08. The highest BCUT2D eigenvalue weighted by Gasteiger charge is 2.45. The Bertz CT molecular complexity index is 1590. The molecule has 3 aromatic carbocycles. The number of hydrogen-bond acceptors (Lipinski definition) is 5. The lowest BCUT2D eigenvalue weighted by molar-refractivity contribution is 0.0893. The lowest BCUT2D eigenvalue weighted by Gasteiger charge is -2.06. The molecule has 0 saturated heterocycles. The van der Waals surface area contributed by atoms with Crippen LogP contribution in [0.3, 0.4) is 0 Å². The van der Waals surface area contributed by atoms with Crippen molar-refractivity contribution >= 4 is 45.4 Å². The van der Waals surface area contributed by atoms with Crippen molar-refractivity contribution in [3.8, 4) is 0 Å². The van der Waals surface area contributed by atoms with E-state index in [0.29, 0.717) is 27.8 Å². The number of aromatic nitrogens is 4. The van der Waals surface area contributed by atoms with E-state index >= 15 is 0 Å². The first-order valence-electron chi connectivity index (χ1n) is 11.1. The van der Waals surface area contributed by atoms with Gasteiger partial charge in [-0.3, -0.25) is 9.36 Å². The molecular weight excluding hydrogens is 442 g/mol. The molecule has 1 aliphatic rings. The molecule has 34 heavy (non-hydrogen) atoms. The second-order valence-electron chi connectivity index (χ2n) is 8.35. The van der Waals surface area contributed by atoms with Crippen molar-refractivity contribution in [3.05, 3.63) is 101 Å². The summed E-state index contributed by atoms with van der Waals surface area (Å²) >= 11 is 1.42. The van der Waals surface area contributed by atoms with Crippen LogP contribution >= 0.6 is 11.8 Å². The van der Waals surface area contributed by atoms with E-state index < -0.39 is 0 Å². The second kappa shape index (κ2) is 8.40. The number of hydrogen-bond donors (Lipinski definition) is 0. The van der Waals surface area contributed by atoms with Crippen LogP contribution in [0.15, 0.2) is 84.0 Å². The molecule has 6 nitrogen and oxygen atoms in total. The van der Waals surface area contributed by atoms with Crippen LogP contribution < -0.4 is 0 Å². The van der Waals surface area contributed by atoms with Gasteiger partial charge in [0, 0.05) is 17.1 Å². The van der Waals surface area contributed by atoms with Gasteiger partial charge >= 0.3 is 0 Å². The highest BCUT2D eigenvalue weighted by Crippen LogP contribution is 2.49. The molecule has 1 saturated carbocycles. The van der Waals surface area contributed by atoms with Crippen LogP contribution in [0.2, 0.25) is 0 Å². The average Bonchev–Trinajstić information content (AvgIpc) is 3.63. The SMILES string of the molecule is [C-]#[N+]c1ccccc1CSc1nnc2c3ccccc3n(C(=O)[C@@H]3C[C@H]3c3ccccc3)c2n1. The van der Waals surface area contributed by atoms with E-state index in [1.54, 1.807) is 10.6 Å². The molecule has 5 aromatic rings. The summed E-state index contributed by atoms with van der Waals surface area (Å²) in [6.07, 6.45) is 0.838. The number of benzene rings is 3. The minimum Gasteiger partial charge on any atom is -0.274 e. The summed E-state index contributed by atoms with van der Waals surface area (Å²) in [5.41, 5.74) is 4.72. The minimum atomic E-state index is -0.0713. The number of carbonyl (C=O) groups excluding carboxylic acids is 1. The molecule has 0 N–H and O–H groups in total. The smallest absolute Gasteiger partial charge is 0.236 e. The first-order chi connectivity index (χ1) is 16.7. The molecule has 0 radical (unpaired) electrons. The van der Waals surface area contributed by atoms with Crippen LogP contribution in [0.4, 0.5) is 5.69 Å². The third kappa shape index (κ3) is 3.53. The predicted molar refractivity (Wildman–Crippen MR) is 133 cm³/mol. The van der Waals surface area contributed by atoms with Crippen molar-refractivity contribution < 1.29 is 4.79 Å². The Morgan fingerprint density at radius 3 is 2.62 bits per heavy atom. The van der Waals surface area contributed by atoms with E-state index in [9.17, 15) is 4.79 Å². The third-order valence-corrected chi connectivity index (χ3v) is 7.17. The van der Waals surface area contributed by atoms with Gasteiger partial charge in [-0.1, -0.05) is 84.6 Å². The molecule has 0 spiro atoms. The molecule has 0 bridgehead atoms. The van der Waals surface area contributed by atoms with E-state index in [-0.39, 0.29) is 17.7 Å². The largest absolute Gasteiger partial charge is 0.274 e. The van der Waals surface area contributed by atoms with Crippen LogP contribution in [0.5, 0.6) is 0 Å². The fourth-order valence-electron chi connectivity index (χ4n) is 4.49. The molecule has 2 heterocycles. The van der Waals surface area contributed by atoms with Crippen molar-refractivity contribution in [2.24, 2.45) is 5.92 Å². The van der Waals surface area contributed by atoms with Gasteiger partial charge in [-0.05, 0) is 29.5 Å². The van der Waals surface area contributed by atoms with Crippen molar-refractivity contribution in [2.75, 3.05) is 0 Å². The summed E-state index contributed by atoms with van der Waals surface area (Å²) in [5.74, 6) is 0.769. The summed E-state index contributed by atoms with van der Waals surface area (Å²) in [4.78, 5) is 22.0. The Labute approximate surface area is 200 Å². The second-order valence-corrected chi connectivity index (χ2v) is 9.29. The molecule has 7 heteroatoms. The van der Waals surface area contributed by atoms with E-state index in [1.807, 2.05) is 60.7 Å². The van der Waals surface area contributed by atoms with Crippen LogP contribution in [-0.2, 0) is 5.75 Å². The lowest BCUT2D eigenvalue weighted by atomic mass is 10.1. The molecule has 0 amide bonds. The van der Waals surface area contributed by atoms with E-state index in [2.05, 4.69) is 27.2 Å². The quantitative estimate of drug-likeness (QED) is 0.228. The highest BCUT2D eigenvalue weighted by molar-refractivity contribution is 7.98. The van der Waals surface area contributed by atoms with Gasteiger partial charge in [0.05, 0.1) is 12.1 Å². The molecule has 164 valence electrons. The Hall–Kier alpha value is -4.02. The minimum absolute atomic E-state index is 0.0508. The molecule has 0 aliphatic heterocycles. The Morgan fingerprint density at radius 1 is 1.00 bits per heavy atom. The predicted octanol–water partition coefficient (Wildman–Crippen LogP) is 6.27. The molecule has 0 unspecified atom stereocenters. The summed E-state index contributed by atoms with van der Waals surface area (Å²) < 4.78 is 1.73. The number of carbonyl (C=O) groups is 1. The molecule has 6 rings (SSSR count). The summed E-state index contributed by atoms with van der Waals surface area (Å²) in [6, 6.07) is 25.5. The van der Waals surface area contributed by atoms with Crippen molar-refractivity contribution in [3.63, 3.8) is 0 Å². The van der Waals surface area contributed by atoms with Crippen LogP contribution in [0.25, 0.3) is 26.9 Å². The monoisotopic (exact) mass is 461 g/mol. The number of rotatable bonds is 5. The Balaban J connectivity index is 1.37. The zero-order chi connectivity index (χ0) is 23.1. The topological polar surface area (TPSA) is 65.0 Å². The third-order valence-electron chi connectivity index (χ3n) is 6.29. The summed E-state index contributed by atoms with van der Waals surface area (Å²) in [6.45, 7) is 7.37. The van der Waals surface area contributed by atoms with Crippen LogP contribution in [0, 0.1) is 12.5 Å². The van der Waals surface area contributed by atoms with Gasteiger partial charge in [0.1, 0.15) is 5.52 Å². The van der Waals surface area contributed by atoms with Crippen molar-refractivity contribution in [2.45, 2.75) is 23.2 Å². The normalized spacial score (nSPS) is 17.0. The average molecular weight is 462 g/mol. The van der Waals surface area contributed by atoms with Gasteiger partial charge in [-0.25, -0.2) is 9.83 Å². The van der Waals surface area contributed by atoms with Gasteiger partial charge in [0.2, 0.25) is 11.1 Å². The number of thioether (sulfide) groups is 1. The van der Waals surface area contributed by atoms with E-state index in [4.69, 9.17) is 11.6 Å². The summed E-state index contributed by atoms with van der Waals surface area (Å²) in [7, 11) is 0. The Morgan fingerprint density at radius 2 is 1.76 bits per heavy atom. The van der Waals surface area contributed by atoms with Gasteiger partial charge in [-0.15, -0.1) is 10.2 Å². The molecule has 2 atom stereocenters. The standard InChI is InChI=1S/C27H19N5OS/c1-28-22-13-7-5-11-18(22)16-34-27-29-25-24(30-31-27)19-12-6-8-14-23(19)32(25)26(33)21-15-20(21)17-9-3-2-4-10-17/h2-14,20-21H,15-16H2/t20-,21+/m0/s1. The fourth-order valence-corrected chi connectivity index (χ4v) is 5.27. The van der Waals surface area contributed by atoms with Gasteiger partial charge in [0.15, 0.2) is 11.3 Å². The van der Waals surface area contributed by atoms with Crippen molar-refractivity contribution in [1.29, 1.82) is 0 Å². The van der Waals surface area contributed by atoms with Crippen molar-refractivity contribution in [1.82, 2.24) is 19.7 Å². The first-order valence-corrected chi connectivity index (χ1v) is 12.0. The van der Waals surface area contributed by atoms with Crippen LogP contribution in [0.1, 0.15) is 28.3 Å². The highest BCUT2D eigenvalue weighted by atomic mass is 32.2. The van der Waals surface area contributed by atoms with E-state index in [0.717, 1.165) is 22.9 Å². The van der Waals surface area contributed by atoms with Gasteiger partial charge in [0.25, 0.3) is 0 Å². The van der Waals surface area contributed by atoms with Crippen LogP contribution in [-0.4, -0.2) is 25.7 Å². The molecule has 2 aromatic heterocycles. The summed E-state index contributed by atoms with van der Waals surface area (Å²) in [5, 5.41) is 10.1. The number of para-hydroxylation sites is 2. The molecule has 1 fully saturated rings. The maximum absolute atomic E-state index is 13.7. The van der Waals surface area contributed by atoms with Gasteiger partial charge in [-0.2, -0.15) is 0 Å². The van der Waals surface area contributed by atoms with E-state index in [1.165, 1.54) is 17.3 Å². The zero-order valence-corrected chi connectivity index (χ0v) is 18.9. The van der Waals surface area contributed by atoms with Gasteiger partial charge < -0.3 is 0 Å². The zero-order valence-electron chi connectivity index (χ0n) is 18.1.